The number of phenolic OH excluding ortho intramolecular Hbond substituents is 1. The molecule has 0 bridgehead atoms. The van der Waals surface area contributed by atoms with Gasteiger partial charge >= 0.3 is 0 Å². The molecule has 0 radical (unpaired) electrons. The maximum Gasteiger partial charge on any atom is 0.266 e. The molecule has 21 heavy (non-hydrogen) atoms. The standard InChI is InChI=1S/C15H17NO3S2/c1-9(2)8-16-14(18)13(21-15(16)20)7-10-4-5-11(17)12(6-10)19-3/h4-7,9,17H,8H2,1-3H3/b13-7+. The second kappa shape index (κ2) is 6.49. The third-order valence-electron chi connectivity index (χ3n) is 2.92. The molecule has 0 aliphatic carbocycles. The lowest BCUT2D eigenvalue weighted by molar-refractivity contribution is -0.122. The summed E-state index contributed by atoms with van der Waals surface area (Å²) in [6, 6.07) is 4.96. The molecule has 4 nitrogen and oxygen atoms in total. The Kier molecular flexibility index (Phi) is 4.90. The molecule has 1 fully saturated rings. The number of hydrogen-bond acceptors (Lipinski definition) is 5. The summed E-state index contributed by atoms with van der Waals surface area (Å²) in [5.74, 6) is 0.745. The van der Waals surface area contributed by atoms with Crippen LogP contribution in [0.2, 0.25) is 0 Å². The molecular formula is C15H17NO3S2. The van der Waals surface area contributed by atoms with Gasteiger partial charge < -0.3 is 9.84 Å². The van der Waals surface area contributed by atoms with Crippen molar-refractivity contribution >= 4 is 40.3 Å². The van der Waals surface area contributed by atoms with Gasteiger partial charge in [-0.05, 0) is 29.7 Å². The molecule has 0 saturated carbocycles. The summed E-state index contributed by atoms with van der Waals surface area (Å²) in [5, 5.41) is 9.58. The summed E-state index contributed by atoms with van der Waals surface area (Å²) >= 11 is 6.56. The van der Waals surface area contributed by atoms with Gasteiger partial charge in [-0.15, -0.1) is 0 Å². The number of benzene rings is 1. The van der Waals surface area contributed by atoms with Crippen molar-refractivity contribution in [3.8, 4) is 11.5 Å². The summed E-state index contributed by atoms with van der Waals surface area (Å²) in [4.78, 5) is 14.6. The minimum Gasteiger partial charge on any atom is -0.504 e. The minimum absolute atomic E-state index is 0.0641. The maximum atomic E-state index is 12.3. The van der Waals surface area contributed by atoms with Gasteiger partial charge in [-0.2, -0.15) is 0 Å². The predicted octanol–water partition coefficient (Wildman–Crippen LogP) is 3.26. The van der Waals surface area contributed by atoms with Crippen LogP contribution in [0.25, 0.3) is 6.08 Å². The topological polar surface area (TPSA) is 49.8 Å². The number of carbonyl (C=O) groups excluding carboxylic acids is 1. The Bertz CT molecular complexity index is 611. The van der Waals surface area contributed by atoms with E-state index >= 15 is 0 Å². The molecule has 2 rings (SSSR count). The van der Waals surface area contributed by atoms with Gasteiger partial charge in [-0.3, -0.25) is 9.69 Å². The Labute approximate surface area is 133 Å². The van der Waals surface area contributed by atoms with Crippen molar-refractivity contribution in [2.24, 2.45) is 5.92 Å². The number of thioether (sulfide) groups is 1. The van der Waals surface area contributed by atoms with Crippen LogP contribution < -0.4 is 4.74 Å². The Morgan fingerprint density at radius 3 is 2.81 bits per heavy atom. The Balaban J connectivity index is 2.26. The first-order chi connectivity index (χ1) is 9.92. The zero-order valence-electron chi connectivity index (χ0n) is 12.1. The lowest BCUT2D eigenvalue weighted by Gasteiger charge is -2.16. The molecular weight excluding hydrogens is 306 g/mol. The van der Waals surface area contributed by atoms with Crippen LogP contribution in [-0.2, 0) is 4.79 Å². The van der Waals surface area contributed by atoms with E-state index in [9.17, 15) is 9.90 Å². The molecule has 0 aromatic heterocycles. The summed E-state index contributed by atoms with van der Waals surface area (Å²) in [6.45, 7) is 4.72. The molecule has 1 aromatic carbocycles. The monoisotopic (exact) mass is 323 g/mol. The van der Waals surface area contributed by atoms with Crippen LogP contribution in [0.3, 0.4) is 0 Å². The van der Waals surface area contributed by atoms with E-state index in [0.717, 1.165) is 5.56 Å². The van der Waals surface area contributed by atoms with Crippen molar-refractivity contribution in [2.45, 2.75) is 13.8 Å². The fourth-order valence-electron chi connectivity index (χ4n) is 1.96. The van der Waals surface area contributed by atoms with Crippen LogP contribution in [-0.4, -0.2) is 33.9 Å². The first kappa shape index (κ1) is 15.9. The number of methoxy groups -OCH3 is 1. The smallest absolute Gasteiger partial charge is 0.266 e. The van der Waals surface area contributed by atoms with Crippen LogP contribution in [0.1, 0.15) is 19.4 Å². The van der Waals surface area contributed by atoms with Gasteiger partial charge in [-0.1, -0.05) is 43.9 Å². The van der Waals surface area contributed by atoms with E-state index in [1.54, 1.807) is 29.2 Å². The van der Waals surface area contributed by atoms with Crippen molar-refractivity contribution in [1.29, 1.82) is 0 Å². The average Bonchev–Trinajstić information content (AvgIpc) is 2.68. The quantitative estimate of drug-likeness (QED) is 0.681. The number of ether oxygens (including phenoxy) is 1. The fourth-order valence-corrected chi connectivity index (χ4v) is 3.23. The first-order valence-corrected chi connectivity index (χ1v) is 7.77. The predicted molar refractivity (Wildman–Crippen MR) is 89.4 cm³/mol. The molecule has 1 saturated heterocycles. The van der Waals surface area contributed by atoms with E-state index < -0.39 is 0 Å². The SMILES string of the molecule is COc1cc(/C=C2/SC(=S)N(CC(C)C)C2=O)ccc1O. The highest BCUT2D eigenvalue weighted by atomic mass is 32.2. The molecule has 1 N–H and O–H groups in total. The second-order valence-corrected chi connectivity index (χ2v) is 6.79. The van der Waals surface area contributed by atoms with Crippen molar-refractivity contribution in [1.82, 2.24) is 4.90 Å². The first-order valence-electron chi connectivity index (χ1n) is 6.54. The van der Waals surface area contributed by atoms with Crippen molar-refractivity contribution in [3.63, 3.8) is 0 Å². The van der Waals surface area contributed by atoms with Crippen molar-refractivity contribution < 1.29 is 14.6 Å². The zero-order chi connectivity index (χ0) is 15.6. The van der Waals surface area contributed by atoms with E-state index in [1.165, 1.54) is 18.9 Å². The summed E-state index contributed by atoms with van der Waals surface area (Å²) in [7, 11) is 1.49. The van der Waals surface area contributed by atoms with Crippen LogP contribution in [0.4, 0.5) is 0 Å². The summed E-state index contributed by atoms with van der Waals surface area (Å²) in [6.07, 6.45) is 1.77. The highest BCUT2D eigenvalue weighted by molar-refractivity contribution is 8.26. The van der Waals surface area contributed by atoms with Crippen LogP contribution in [0, 0.1) is 5.92 Å². The second-order valence-electron chi connectivity index (χ2n) is 5.12. The summed E-state index contributed by atoms with van der Waals surface area (Å²) in [5.41, 5.74) is 0.787. The van der Waals surface area contributed by atoms with E-state index in [4.69, 9.17) is 17.0 Å². The molecule has 6 heteroatoms. The molecule has 1 amide bonds. The number of phenols is 1. The minimum atomic E-state index is -0.0641. The Morgan fingerprint density at radius 2 is 2.19 bits per heavy atom. The lowest BCUT2D eigenvalue weighted by Crippen LogP contribution is -2.31. The largest absolute Gasteiger partial charge is 0.504 e. The normalized spacial score (nSPS) is 17.1. The lowest BCUT2D eigenvalue weighted by atomic mass is 10.1. The molecule has 1 aromatic rings. The third-order valence-corrected chi connectivity index (χ3v) is 4.30. The molecule has 1 aliphatic heterocycles. The summed E-state index contributed by atoms with van der Waals surface area (Å²) < 4.78 is 5.65. The van der Waals surface area contributed by atoms with E-state index in [0.29, 0.717) is 27.4 Å². The van der Waals surface area contributed by atoms with Gasteiger partial charge in [0, 0.05) is 6.54 Å². The Morgan fingerprint density at radius 1 is 1.48 bits per heavy atom. The van der Waals surface area contributed by atoms with Crippen LogP contribution in [0.15, 0.2) is 23.1 Å². The van der Waals surface area contributed by atoms with Crippen molar-refractivity contribution in [3.05, 3.63) is 28.7 Å². The molecule has 0 atom stereocenters. The third kappa shape index (κ3) is 3.57. The average molecular weight is 323 g/mol. The van der Waals surface area contributed by atoms with Gasteiger partial charge in [0.1, 0.15) is 4.32 Å². The van der Waals surface area contributed by atoms with Gasteiger partial charge in [0.05, 0.1) is 12.0 Å². The van der Waals surface area contributed by atoms with Crippen molar-refractivity contribution in [2.75, 3.05) is 13.7 Å². The van der Waals surface area contributed by atoms with Gasteiger partial charge in [-0.25, -0.2) is 0 Å². The molecule has 0 unspecified atom stereocenters. The molecule has 112 valence electrons. The van der Waals surface area contributed by atoms with Gasteiger partial charge in [0.2, 0.25) is 0 Å². The Hall–Kier alpha value is -1.53. The van der Waals surface area contributed by atoms with E-state index in [2.05, 4.69) is 0 Å². The highest BCUT2D eigenvalue weighted by Crippen LogP contribution is 2.34. The van der Waals surface area contributed by atoms with Gasteiger partial charge in [0.15, 0.2) is 11.5 Å². The van der Waals surface area contributed by atoms with Crippen LogP contribution in [0.5, 0.6) is 11.5 Å². The van der Waals surface area contributed by atoms with Crippen LogP contribution >= 0.6 is 24.0 Å². The van der Waals surface area contributed by atoms with E-state index in [1.807, 2.05) is 13.8 Å². The number of thiocarbonyl (C=S) groups is 1. The molecule has 0 spiro atoms. The fraction of sp³-hybridized carbons (Fsp3) is 0.333. The van der Waals surface area contributed by atoms with E-state index in [-0.39, 0.29) is 11.7 Å². The molecule has 1 aliphatic rings. The molecule has 1 heterocycles. The number of hydrogen-bond donors (Lipinski definition) is 1. The van der Waals surface area contributed by atoms with Gasteiger partial charge in [0.25, 0.3) is 5.91 Å². The number of nitrogens with zero attached hydrogens (tertiary/aromatic N) is 1. The number of rotatable bonds is 4. The highest BCUT2D eigenvalue weighted by Gasteiger charge is 2.32. The number of carbonyl (C=O) groups is 1. The number of aromatic hydroxyl groups is 1. The zero-order valence-corrected chi connectivity index (χ0v) is 13.8. The maximum absolute atomic E-state index is 12.3. The number of amides is 1.